The van der Waals surface area contributed by atoms with Crippen molar-refractivity contribution in [2.45, 2.75) is 33.6 Å². The zero-order valence-electron chi connectivity index (χ0n) is 10.4. The summed E-state index contributed by atoms with van der Waals surface area (Å²) in [5.74, 6) is -0.487. The highest BCUT2D eigenvalue weighted by Gasteiger charge is 2.20. The molecule has 4 N–H and O–H groups in total. The molecule has 0 radical (unpaired) electrons. The Kier molecular flexibility index (Phi) is 6.72. The Hall–Kier alpha value is -1.10. The fourth-order valence-corrected chi connectivity index (χ4v) is 1.13. The van der Waals surface area contributed by atoms with E-state index in [4.69, 9.17) is 5.73 Å². The highest BCUT2D eigenvalue weighted by molar-refractivity contribution is 5.85. The number of amides is 2. The van der Waals surface area contributed by atoms with Crippen LogP contribution in [0.4, 0.5) is 0 Å². The number of carbonyl (C=O) groups is 2. The maximum atomic E-state index is 11.4. The lowest BCUT2D eigenvalue weighted by molar-refractivity contribution is -0.125. The van der Waals surface area contributed by atoms with Crippen molar-refractivity contribution in [3.05, 3.63) is 0 Å². The molecule has 0 aromatic rings. The number of nitrogens with two attached hydrogens (primary N) is 1. The zero-order valence-corrected chi connectivity index (χ0v) is 10.4. The third kappa shape index (κ3) is 5.70. The first-order chi connectivity index (χ1) is 7.47. The standard InChI is InChI=1S/C11H23N3O2/c1-4-11(3,5-2)8-14-10(16)7-13-9(15)6-12/h4-8,12H2,1-3H3,(H,13,15)(H,14,16). The summed E-state index contributed by atoms with van der Waals surface area (Å²) in [6.45, 7) is 6.88. The summed E-state index contributed by atoms with van der Waals surface area (Å²) in [7, 11) is 0. The number of rotatable bonds is 7. The first-order valence-corrected chi connectivity index (χ1v) is 5.71. The fraction of sp³-hybridized carbons (Fsp3) is 0.818. The molecule has 0 aliphatic heterocycles. The van der Waals surface area contributed by atoms with Gasteiger partial charge in [0, 0.05) is 6.54 Å². The molecule has 0 aromatic heterocycles. The molecule has 5 nitrogen and oxygen atoms in total. The van der Waals surface area contributed by atoms with Gasteiger partial charge in [0.1, 0.15) is 0 Å². The highest BCUT2D eigenvalue weighted by atomic mass is 16.2. The average Bonchev–Trinajstić information content (AvgIpc) is 2.32. The Morgan fingerprint density at radius 1 is 1.12 bits per heavy atom. The molecule has 0 aromatic carbocycles. The van der Waals surface area contributed by atoms with Crippen LogP contribution >= 0.6 is 0 Å². The zero-order chi connectivity index (χ0) is 12.6. The van der Waals surface area contributed by atoms with Crippen LogP contribution < -0.4 is 16.4 Å². The summed E-state index contributed by atoms with van der Waals surface area (Å²) in [5, 5.41) is 5.24. The Balaban J connectivity index is 3.85. The van der Waals surface area contributed by atoms with Gasteiger partial charge in [-0.3, -0.25) is 9.59 Å². The molecule has 0 bridgehead atoms. The molecule has 2 amide bonds. The van der Waals surface area contributed by atoms with Crippen molar-refractivity contribution in [1.29, 1.82) is 0 Å². The van der Waals surface area contributed by atoms with Crippen LogP contribution in [-0.4, -0.2) is 31.4 Å². The predicted molar refractivity (Wildman–Crippen MR) is 63.8 cm³/mol. The van der Waals surface area contributed by atoms with Gasteiger partial charge in [0.25, 0.3) is 0 Å². The van der Waals surface area contributed by atoms with Crippen molar-refractivity contribution >= 4 is 11.8 Å². The lowest BCUT2D eigenvalue weighted by atomic mass is 9.85. The van der Waals surface area contributed by atoms with E-state index in [1.54, 1.807) is 0 Å². The molecule has 0 saturated heterocycles. The Labute approximate surface area is 97.2 Å². The predicted octanol–water partition coefficient (Wildman–Crippen LogP) is 0.00380. The van der Waals surface area contributed by atoms with Crippen molar-refractivity contribution in [2.75, 3.05) is 19.6 Å². The summed E-state index contributed by atoms with van der Waals surface area (Å²) in [5.41, 5.74) is 5.23. The van der Waals surface area contributed by atoms with Crippen molar-refractivity contribution < 1.29 is 9.59 Å². The number of hydrogen-bond donors (Lipinski definition) is 3. The van der Waals surface area contributed by atoms with Crippen molar-refractivity contribution in [3.63, 3.8) is 0 Å². The molecular weight excluding hydrogens is 206 g/mol. The summed E-state index contributed by atoms with van der Waals surface area (Å²) < 4.78 is 0. The van der Waals surface area contributed by atoms with E-state index in [-0.39, 0.29) is 30.3 Å². The molecule has 0 heterocycles. The molecular formula is C11H23N3O2. The van der Waals surface area contributed by atoms with Crippen LogP contribution in [0.1, 0.15) is 33.6 Å². The van der Waals surface area contributed by atoms with Crippen LogP contribution in [0.3, 0.4) is 0 Å². The molecule has 0 saturated carbocycles. The number of nitrogens with one attached hydrogen (secondary N) is 2. The van der Waals surface area contributed by atoms with E-state index in [1.807, 2.05) is 0 Å². The first kappa shape index (κ1) is 14.9. The monoisotopic (exact) mass is 229 g/mol. The molecule has 0 rings (SSSR count). The second kappa shape index (κ2) is 7.22. The number of hydrogen-bond acceptors (Lipinski definition) is 3. The van der Waals surface area contributed by atoms with E-state index >= 15 is 0 Å². The average molecular weight is 229 g/mol. The topological polar surface area (TPSA) is 84.2 Å². The minimum absolute atomic E-state index is 0.000454. The van der Waals surface area contributed by atoms with Crippen molar-refractivity contribution in [3.8, 4) is 0 Å². The summed E-state index contributed by atoms with van der Waals surface area (Å²) in [6.07, 6.45) is 2.03. The first-order valence-electron chi connectivity index (χ1n) is 5.71. The fourth-order valence-electron chi connectivity index (χ4n) is 1.13. The molecule has 0 aliphatic carbocycles. The minimum Gasteiger partial charge on any atom is -0.354 e. The maximum Gasteiger partial charge on any atom is 0.239 e. The van der Waals surface area contributed by atoms with E-state index in [0.29, 0.717) is 6.54 Å². The van der Waals surface area contributed by atoms with E-state index in [9.17, 15) is 9.59 Å². The van der Waals surface area contributed by atoms with Crippen molar-refractivity contribution in [2.24, 2.45) is 11.1 Å². The molecule has 0 spiro atoms. The van der Waals surface area contributed by atoms with Gasteiger partial charge in [-0.1, -0.05) is 20.8 Å². The molecule has 16 heavy (non-hydrogen) atoms. The summed E-state index contributed by atoms with van der Waals surface area (Å²) in [4.78, 5) is 22.2. The lowest BCUT2D eigenvalue weighted by Gasteiger charge is -2.26. The van der Waals surface area contributed by atoms with Crippen molar-refractivity contribution in [1.82, 2.24) is 10.6 Å². The van der Waals surface area contributed by atoms with Crippen LogP contribution in [0.15, 0.2) is 0 Å². The van der Waals surface area contributed by atoms with Gasteiger partial charge >= 0.3 is 0 Å². The minimum atomic E-state index is -0.316. The lowest BCUT2D eigenvalue weighted by Crippen LogP contribution is -2.42. The van der Waals surface area contributed by atoms with Crippen LogP contribution in [-0.2, 0) is 9.59 Å². The largest absolute Gasteiger partial charge is 0.354 e. The van der Waals surface area contributed by atoms with Gasteiger partial charge in [-0.15, -0.1) is 0 Å². The van der Waals surface area contributed by atoms with Gasteiger partial charge in [0.05, 0.1) is 13.1 Å². The molecule has 94 valence electrons. The highest BCUT2D eigenvalue weighted by Crippen LogP contribution is 2.23. The van der Waals surface area contributed by atoms with E-state index in [1.165, 1.54) is 0 Å². The van der Waals surface area contributed by atoms with Gasteiger partial charge in [0.2, 0.25) is 11.8 Å². The van der Waals surface area contributed by atoms with Gasteiger partial charge in [-0.05, 0) is 18.3 Å². The van der Waals surface area contributed by atoms with Crippen LogP contribution in [0.2, 0.25) is 0 Å². The summed E-state index contributed by atoms with van der Waals surface area (Å²) in [6, 6.07) is 0. The third-order valence-electron chi connectivity index (χ3n) is 3.05. The van der Waals surface area contributed by atoms with E-state index < -0.39 is 0 Å². The Morgan fingerprint density at radius 2 is 1.69 bits per heavy atom. The molecule has 5 heteroatoms. The quantitative estimate of drug-likeness (QED) is 0.574. The second-order valence-corrected chi connectivity index (χ2v) is 4.28. The Morgan fingerprint density at radius 3 is 2.12 bits per heavy atom. The molecule has 0 unspecified atom stereocenters. The van der Waals surface area contributed by atoms with Gasteiger partial charge in [-0.25, -0.2) is 0 Å². The normalized spacial score (nSPS) is 11.0. The molecule has 0 atom stereocenters. The summed E-state index contributed by atoms with van der Waals surface area (Å²) >= 11 is 0. The van der Waals surface area contributed by atoms with E-state index in [0.717, 1.165) is 12.8 Å². The van der Waals surface area contributed by atoms with Crippen LogP contribution in [0, 0.1) is 5.41 Å². The van der Waals surface area contributed by atoms with Crippen LogP contribution in [0.5, 0.6) is 0 Å². The van der Waals surface area contributed by atoms with Gasteiger partial charge in [0.15, 0.2) is 0 Å². The number of carbonyl (C=O) groups excluding carboxylic acids is 2. The maximum absolute atomic E-state index is 11.4. The molecule has 0 aliphatic rings. The third-order valence-corrected chi connectivity index (χ3v) is 3.05. The van der Waals surface area contributed by atoms with Crippen LogP contribution in [0.25, 0.3) is 0 Å². The van der Waals surface area contributed by atoms with Gasteiger partial charge in [-0.2, -0.15) is 0 Å². The SMILES string of the molecule is CCC(C)(CC)CNC(=O)CNC(=O)CN. The van der Waals surface area contributed by atoms with Gasteiger partial charge < -0.3 is 16.4 Å². The van der Waals surface area contributed by atoms with E-state index in [2.05, 4.69) is 31.4 Å². The second-order valence-electron chi connectivity index (χ2n) is 4.28. The smallest absolute Gasteiger partial charge is 0.239 e. The molecule has 0 fully saturated rings. The Bertz CT molecular complexity index is 237.